The van der Waals surface area contributed by atoms with Gasteiger partial charge in [-0.15, -0.1) is 11.3 Å². The van der Waals surface area contributed by atoms with Crippen molar-refractivity contribution in [2.45, 2.75) is 13.0 Å². The minimum absolute atomic E-state index is 0.0410. The van der Waals surface area contributed by atoms with E-state index < -0.39 is 4.92 Å². The van der Waals surface area contributed by atoms with Crippen LogP contribution in [0.25, 0.3) is 0 Å². The number of benzene rings is 1. The van der Waals surface area contributed by atoms with Gasteiger partial charge >= 0.3 is 0 Å². The van der Waals surface area contributed by atoms with Crippen LogP contribution in [0, 0.1) is 10.1 Å². The van der Waals surface area contributed by atoms with Crippen molar-refractivity contribution in [2.24, 2.45) is 0 Å². The summed E-state index contributed by atoms with van der Waals surface area (Å²) in [6.07, 6.45) is 0. The minimum Gasteiger partial charge on any atom is -0.373 e. The second-order valence-corrected chi connectivity index (χ2v) is 5.95. The van der Waals surface area contributed by atoms with Crippen molar-refractivity contribution in [3.05, 3.63) is 54.7 Å². The summed E-state index contributed by atoms with van der Waals surface area (Å²) in [6.45, 7) is 1.91. The summed E-state index contributed by atoms with van der Waals surface area (Å²) >= 11 is 13.1. The lowest BCUT2D eigenvalue weighted by Crippen LogP contribution is -2.07. The van der Waals surface area contributed by atoms with Gasteiger partial charge in [-0.1, -0.05) is 23.2 Å². The van der Waals surface area contributed by atoms with Gasteiger partial charge in [0, 0.05) is 17.1 Å². The van der Waals surface area contributed by atoms with E-state index in [4.69, 9.17) is 23.2 Å². The van der Waals surface area contributed by atoms with Gasteiger partial charge in [-0.05, 0) is 36.1 Å². The predicted molar refractivity (Wildman–Crippen MR) is 79.5 cm³/mol. The highest BCUT2D eigenvalue weighted by molar-refractivity contribution is 7.14. The van der Waals surface area contributed by atoms with Crippen molar-refractivity contribution in [1.82, 2.24) is 0 Å². The smallest absolute Gasteiger partial charge is 0.293 e. The minimum atomic E-state index is -0.457. The van der Waals surface area contributed by atoms with E-state index in [1.54, 1.807) is 12.1 Å². The highest BCUT2D eigenvalue weighted by atomic mass is 35.5. The first-order valence-electron chi connectivity index (χ1n) is 5.42. The lowest BCUT2D eigenvalue weighted by molar-refractivity contribution is -0.384. The van der Waals surface area contributed by atoms with Gasteiger partial charge in [0.1, 0.15) is 5.69 Å². The summed E-state index contributed by atoms with van der Waals surface area (Å²) < 4.78 is 0.689. The molecule has 1 heterocycles. The molecule has 1 unspecified atom stereocenters. The topological polar surface area (TPSA) is 55.2 Å². The van der Waals surface area contributed by atoms with E-state index in [9.17, 15) is 10.1 Å². The maximum absolute atomic E-state index is 11.0. The first-order valence-corrected chi connectivity index (χ1v) is 7.05. The molecule has 0 amide bonds. The van der Waals surface area contributed by atoms with Crippen molar-refractivity contribution < 1.29 is 4.92 Å². The lowest BCUT2D eigenvalue weighted by atomic mass is 10.1. The van der Waals surface area contributed by atoms with Gasteiger partial charge < -0.3 is 5.32 Å². The fourth-order valence-corrected chi connectivity index (χ4v) is 2.80. The van der Waals surface area contributed by atoms with E-state index in [0.29, 0.717) is 15.0 Å². The Balaban J connectivity index is 2.26. The van der Waals surface area contributed by atoms with Crippen LogP contribution in [0.5, 0.6) is 0 Å². The van der Waals surface area contributed by atoms with Gasteiger partial charge in [0.2, 0.25) is 0 Å². The number of nitrogens with one attached hydrogen (secondary N) is 1. The average Bonchev–Trinajstić information content (AvgIpc) is 2.78. The Morgan fingerprint density at radius 3 is 2.68 bits per heavy atom. The van der Waals surface area contributed by atoms with E-state index in [0.717, 1.165) is 5.56 Å². The summed E-state index contributed by atoms with van der Waals surface area (Å²) in [4.78, 5) is 10.5. The molecule has 19 heavy (non-hydrogen) atoms. The second-order valence-electron chi connectivity index (χ2n) is 3.97. The molecule has 0 radical (unpaired) electrons. The standard InChI is InChI=1S/C12H10Cl2N2O2S/c1-7(8-4-12(14)19-6-8)15-10-3-2-9(13)5-11(10)16(17)18/h2-7,15H,1H3. The second kappa shape index (κ2) is 5.77. The van der Waals surface area contributed by atoms with Crippen LogP contribution in [0.2, 0.25) is 9.36 Å². The van der Waals surface area contributed by atoms with Crippen LogP contribution in [0.3, 0.4) is 0 Å². The third kappa shape index (κ3) is 3.37. The third-order valence-corrected chi connectivity index (χ3v) is 3.96. The van der Waals surface area contributed by atoms with Gasteiger partial charge in [0.05, 0.1) is 9.26 Å². The molecule has 0 saturated heterocycles. The molecule has 2 rings (SSSR count). The van der Waals surface area contributed by atoms with Gasteiger partial charge in [0.15, 0.2) is 0 Å². The molecule has 7 heteroatoms. The maximum Gasteiger partial charge on any atom is 0.293 e. The molecule has 0 aliphatic heterocycles. The molecule has 1 aromatic heterocycles. The monoisotopic (exact) mass is 316 g/mol. The zero-order chi connectivity index (χ0) is 14.0. The number of nitro groups is 1. The number of halogens is 2. The zero-order valence-electron chi connectivity index (χ0n) is 9.89. The molecule has 0 saturated carbocycles. The van der Waals surface area contributed by atoms with Crippen molar-refractivity contribution in [2.75, 3.05) is 5.32 Å². The van der Waals surface area contributed by atoms with E-state index >= 15 is 0 Å². The fourth-order valence-electron chi connectivity index (χ4n) is 1.64. The molecule has 0 aliphatic carbocycles. The largest absolute Gasteiger partial charge is 0.373 e. The van der Waals surface area contributed by atoms with Gasteiger partial charge in [-0.2, -0.15) is 0 Å². The highest BCUT2D eigenvalue weighted by Crippen LogP contribution is 2.32. The Labute approximate surface area is 124 Å². The molecule has 0 aliphatic rings. The SMILES string of the molecule is CC(Nc1ccc(Cl)cc1[N+](=O)[O-])c1csc(Cl)c1. The summed E-state index contributed by atoms with van der Waals surface area (Å²) in [6, 6.07) is 6.31. The number of hydrogen-bond donors (Lipinski definition) is 1. The molecule has 0 spiro atoms. The lowest BCUT2D eigenvalue weighted by Gasteiger charge is -2.14. The van der Waals surface area contributed by atoms with Gasteiger partial charge in [-0.25, -0.2) is 0 Å². The van der Waals surface area contributed by atoms with E-state index in [2.05, 4.69) is 5.32 Å². The molecule has 1 atom stereocenters. The quantitative estimate of drug-likeness (QED) is 0.628. The van der Waals surface area contributed by atoms with Crippen LogP contribution in [0.4, 0.5) is 11.4 Å². The fraction of sp³-hybridized carbons (Fsp3) is 0.167. The molecule has 2 aromatic rings. The van der Waals surface area contributed by atoms with E-state index in [-0.39, 0.29) is 11.7 Å². The Bertz CT molecular complexity index is 616. The number of anilines is 1. The van der Waals surface area contributed by atoms with Crippen LogP contribution in [-0.4, -0.2) is 4.92 Å². The van der Waals surface area contributed by atoms with Crippen LogP contribution >= 0.6 is 34.5 Å². The number of thiophene rings is 1. The van der Waals surface area contributed by atoms with Crippen molar-refractivity contribution in [3.8, 4) is 0 Å². The molecule has 1 aromatic carbocycles. The summed E-state index contributed by atoms with van der Waals surface area (Å²) in [5.41, 5.74) is 1.38. The van der Waals surface area contributed by atoms with Gasteiger partial charge in [-0.3, -0.25) is 10.1 Å². The maximum atomic E-state index is 11.0. The van der Waals surface area contributed by atoms with Crippen molar-refractivity contribution in [3.63, 3.8) is 0 Å². The van der Waals surface area contributed by atoms with Crippen LogP contribution < -0.4 is 5.32 Å². The first kappa shape index (κ1) is 14.1. The average molecular weight is 317 g/mol. The Hall–Kier alpha value is -1.30. The molecule has 100 valence electrons. The number of nitrogens with zero attached hydrogens (tertiary/aromatic N) is 1. The molecule has 0 bridgehead atoms. The summed E-state index contributed by atoms with van der Waals surface area (Å²) in [7, 11) is 0. The molecule has 0 fully saturated rings. The van der Waals surface area contributed by atoms with E-state index in [1.165, 1.54) is 17.4 Å². The van der Waals surface area contributed by atoms with E-state index in [1.807, 2.05) is 18.4 Å². The van der Waals surface area contributed by atoms with Crippen LogP contribution in [-0.2, 0) is 0 Å². The predicted octanol–water partition coefficient (Wildman–Crippen LogP) is 5.14. The zero-order valence-corrected chi connectivity index (χ0v) is 12.2. The Morgan fingerprint density at radius 2 is 2.11 bits per heavy atom. The number of nitro benzene ring substituents is 1. The molecular weight excluding hydrogens is 307 g/mol. The Kier molecular flexibility index (Phi) is 4.29. The van der Waals surface area contributed by atoms with Gasteiger partial charge in [0.25, 0.3) is 5.69 Å². The Morgan fingerprint density at radius 1 is 1.37 bits per heavy atom. The molecule has 4 nitrogen and oxygen atoms in total. The number of hydrogen-bond acceptors (Lipinski definition) is 4. The van der Waals surface area contributed by atoms with Crippen LogP contribution in [0.15, 0.2) is 29.6 Å². The third-order valence-electron chi connectivity index (χ3n) is 2.62. The van der Waals surface area contributed by atoms with Crippen molar-refractivity contribution in [1.29, 1.82) is 0 Å². The number of rotatable bonds is 4. The summed E-state index contributed by atoms with van der Waals surface area (Å²) in [5.74, 6) is 0. The van der Waals surface area contributed by atoms with Crippen molar-refractivity contribution >= 4 is 45.9 Å². The normalized spacial score (nSPS) is 12.2. The first-order chi connectivity index (χ1) is 8.97. The molecular formula is C12H10Cl2N2O2S. The molecule has 1 N–H and O–H groups in total. The highest BCUT2D eigenvalue weighted by Gasteiger charge is 2.17. The summed E-state index contributed by atoms with van der Waals surface area (Å²) in [5, 5.41) is 16.3. The van der Waals surface area contributed by atoms with Crippen LogP contribution in [0.1, 0.15) is 18.5 Å².